The molecule has 1 heterocycles. The zero-order valence-electron chi connectivity index (χ0n) is 6.81. The molecule has 1 fully saturated rings. The largest absolute Gasteiger partial charge is 0.294 e. The van der Waals surface area contributed by atoms with E-state index in [1.54, 1.807) is 4.68 Å². The average Bonchev–Trinajstić information content (AvgIpc) is 2.74. The monoisotopic (exact) mass is 165 g/mol. The van der Waals surface area contributed by atoms with Crippen LogP contribution < -0.4 is 0 Å². The Morgan fingerprint density at radius 2 is 2.25 bits per heavy atom. The Kier molecular flexibility index (Phi) is 1.89. The number of aromatic nitrogens is 3. The fourth-order valence-corrected chi connectivity index (χ4v) is 1.77. The van der Waals surface area contributed by atoms with Crippen LogP contribution in [0.5, 0.6) is 0 Å². The minimum Gasteiger partial charge on any atom is -0.294 e. The highest BCUT2D eigenvalue weighted by Crippen LogP contribution is 2.28. The molecule has 0 unspecified atom stereocenters. The molecule has 1 aromatic rings. The van der Waals surface area contributed by atoms with Crippen molar-refractivity contribution >= 4 is 6.29 Å². The third-order valence-electron chi connectivity index (χ3n) is 2.38. The van der Waals surface area contributed by atoms with E-state index in [9.17, 15) is 4.79 Å². The number of carbonyl (C=O) groups is 1. The van der Waals surface area contributed by atoms with Gasteiger partial charge in [0.25, 0.3) is 0 Å². The Balaban J connectivity index is 2.25. The minimum absolute atomic E-state index is 0.410. The van der Waals surface area contributed by atoms with Gasteiger partial charge >= 0.3 is 0 Å². The Labute approximate surface area is 70.6 Å². The maximum Gasteiger partial charge on any atom is 0.191 e. The summed E-state index contributed by atoms with van der Waals surface area (Å²) in [5, 5.41) is 4.04. The van der Waals surface area contributed by atoms with E-state index in [1.165, 1.54) is 19.2 Å². The predicted molar refractivity (Wildman–Crippen MR) is 42.9 cm³/mol. The lowest BCUT2D eigenvalue weighted by molar-refractivity contribution is 0.110. The Bertz CT molecular complexity index is 276. The third kappa shape index (κ3) is 1.13. The molecule has 0 atom stereocenters. The normalized spacial score (nSPS) is 18.3. The van der Waals surface area contributed by atoms with Crippen molar-refractivity contribution in [3.8, 4) is 0 Å². The third-order valence-corrected chi connectivity index (χ3v) is 2.38. The molecule has 0 amide bonds. The Hall–Kier alpha value is -1.19. The molecule has 0 radical (unpaired) electrons. The van der Waals surface area contributed by atoms with Crippen LogP contribution in [-0.2, 0) is 0 Å². The van der Waals surface area contributed by atoms with Crippen LogP contribution in [0.4, 0.5) is 0 Å². The first-order valence-electron chi connectivity index (χ1n) is 4.26. The van der Waals surface area contributed by atoms with Crippen LogP contribution in [0.15, 0.2) is 6.33 Å². The fraction of sp³-hybridized carbons (Fsp3) is 0.625. The fourth-order valence-electron chi connectivity index (χ4n) is 1.77. The molecule has 4 nitrogen and oxygen atoms in total. The van der Waals surface area contributed by atoms with E-state index in [0.29, 0.717) is 11.9 Å². The number of hydrogen-bond acceptors (Lipinski definition) is 3. The van der Waals surface area contributed by atoms with Gasteiger partial charge in [-0.05, 0) is 12.8 Å². The lowest BCUT2D eigenvalue weighted by Crippen LogP contribution is -2.10. The number of carbonyl (C=O) groups excluding carboxylic acids is 1. The Morgan fingerprint density at radius 3 is 2.92 bits per heavy atom. The summed E-state index contributed by atoms with van der Waals surface area (Å²) < 4.78 is 1.75. The standard InChI is InChI=1S/C8H11N3O/c12-5-8-9-6-10-11(8)7-3-1-2-4-7/h5-7H,1-4H2. The van der Waals surface area contributed by atoms with E-state index < -0.39 is 0 Å². The topological polar surface area (TPSA) is 47.8 Å². The molecule has 2 rings (SSSR count). The van der Waals surface area contributed by atoms with E-state index in [-0.39, 0.29) is 0 Å². The van der Waals surface area contributed by atoms with Crippen molar-refractivity contribution in [3.63, 3.8) is 0 Å². The molecule has 1 aliphatic rings. The summed E-state index contributed by atoms with van der Waals surface area (Å²) in [4.78, 5) is 14.4. The van der Waals surface area contributed by atoms with Gasteiger partial charge in [0.05, 0.1) is 6.04 Å². The molecule has 1 aliphatic carbocycles. The van der Waals surface area contributed by atoms with Crippen molar-refractivity contribution < 1.29 is 4.79 Å². The smallest absolute Gasteiger partial charge is 0.191 e. The molecule has 0 aliphatic heterocycles. The van der Waals surface area contributed by atoms with Gasteiger partial charge in [-0.15, -0.1) is 0 Å². The number of aldehydes is 1. The highest BCUT2D eigenvalue weighted by molar-refractivity contribution is 5.68. The second-order valence-corrected chi connectivity index (χ2v) is 3.12. The van der Waals surface area contributed by atoms with E-state index in [1.807, 2.05) is 0 Å². The van der Waals surface area contributed by atoms with Gasteiger partial charge in [-0.25, -0.2) is 9.67 Å². The number of rotatable bonds is 2. The molecular formula is C8H11N3O. The highest BCUT2D eigenvalue weighted by Gasteiger charge is 2.19. The molecule has 0 spiro atoms. The minimum atomic E-state index is 0.410. The van der Waals surface area contributed by atoms with E-state index in [4.69, 9.17) is 0 Å². The average molecular weight is 165 g/mol. The van der Waals surface area contributed by atoms with Crippen LogP contribution in [0, 0.1) is 0 Å². The lowest BCUT2D eigenvalue weighted by Gasteiger charge is -2.09. The molecule has 64 valence electrons. The van der Waals surface area contributed by atoms with Gasteiger partial charge in [0, 0.05) is 0 Å². The first kappa shape index (κ1) is 7.46. The molecule has 12 heavy (non-hydrogen) atoms. The quantitative estimate of drug-likeness (QED) is 0.619. The van der Waals surface area contributed by atoms with Gasteiger partial charge in [-0.3, -0.25) is 4.79 Å². The van der Waals surface area contributed by atoms with Crippen molar-refractivity contribution in [2.24, 2.45) is 0 Å². The zero-order chi connectivity index (χ0) is 8.39. The molecular weight excluding hydrogens is 154 g/mol. The van der Waals surface area contributed by atoms with Crippen molar-refractivity contribution in [1.82, 2.24) is 14.8 Å². The Morgan fingerprint density at radius 1 is 1.50 bits per heavy atom. The molecule has 4 heteroatoms. The van der Waals surface area contributed by atoms with Gasteiger partial charge in [0.1, 0.15) is 6.33 Å². The second-order valence-electron chi connectivity index (χ2n) is 3.12. The van der Waals surface area contributed by atoms with Crippen LogP contribution in [0.25, 0.3) is 0 Å². The molecule has 0 saturated heterocycles. The summed E-state index contributed by atoms with van der Waals surface area (Å²) in [6.07, 6.45) is 6.95. The summed E-state index contributed by atoms with van der Waals surface area (Å²) in [7, 11) is 0. The van der Waals surface area contributed by atoms with Crippen LogP contribution in [0.2, 0.25) is 0 Å². The van der Waals surface area contributed by atoms with Crippen molar-refractivity contribution in [1.29, 1.82) is 0 Å². The molecule has 0 bridgehead atoms. The maximum absolute atomic E-state index is 10.5. The first-order chi connectivity index (χ1) is 5.92. The van der Waals surface area contributed by atoms with Crippen LogP contribution in [-0.4, -0.2) is 21.1 Å². The molecule has 1 saturated carbocycles. The zero-order valence-corrected chi connectivity index (χ0v) is 6.81. The van der Waals surface area contributed by atoms with Gasteiger partial charge < -0.3 is 0 Å². The maximum atomic E-state index is 10.5. The molecule has 0 aromatic carbocycles. The highest BCUT2D eigenvalue weighted by atomic mass is 16.1. The van der Waals surface area contributed by atoms with Gasteiger partial charge in [-0.2, -0.15) is 5.10 Å². The molecule has 1 aromatic heterocycles. The van der Waals surface area contributed by atoms with Gasteiger partial charge in [0.2, 0.25) is 0 Å². The van der Waals surface area contributed by atoms with Gasteiger partial charge in [0.15, 0.2) is 12.1 Å². The summed E-state index contributed by atoms with van der Waals surface area (Å²) >= 11 is 0. The van der Waals surface area contributed by atoms with Crippen molar-refractivity contribution in [3.05, 3.63) is 12.2 Å². The van der Waals surface area contributed by atoms with Crippen LogP contribution >= 0.6 is 0 Å². The predicted octanol–water partition coefficient (Wildman–Crippen LogP) is 1.21. The summed E-state index contributed by atoms with van der Waals surface area (Å²) in [6.45, 7) is 0. The SMILES string of the molecule is O=Cc1ncnn1C1CCCC1. The number of nitrogens with zero attached hydrogens (tertiary/aromatic N) is 3. The van der Waals surface area contributed by atoms with Crippen molar-refractivity contribution in [2.75, 3.05) is 0 Å². The summed E-state index contributed by atoms with van der Waals surface area (Å²) in [5.41, 5.74) is 0. The summed E-state index contributed by atoms with van der Waals surface area (Å²) in [5.74, 6) is 0.460. The summed E-state index contributed by atoms with van der Waals surface area (Å²) in [6, 6.07) is 0.410. The second kappa shape index (κ2) is 3.05. The van der Waals surface area contributed by atoms with E-state index >= 15 is 0 Å². The van der Waals surface area contributed by atoms with E-state index in [0.717, 1.165) is 19.1 Å². The molecule has 0 N–H and O–H groups in total. The van der Waals surface area contributed by atoms with Gasteiger partial charge in [-0.1, -0.05) is 12.8 Å². The van der Waals surface area contributed by atoms with Crippen LogP contribution in [0.1, 0.15) is 42.3 Å². The van der Waals surface area contributed by atoms with Crippen molar-refractivity contribution in [2.45, 2.75) is 31.7 Å². The van der Waals surface area contributed by atoms with Crippen LogP contribution in [0.3, 0.4) is 0 Å². The lowest BCUT2D eigenvalue weighted by atomic mass is 10.2. The van der Waals surface area contributed by atoms with E-state index in [2.05, 4.69) is 10.1 Å². The number of hydrogen-bond donors (Lipinski definition) is 0. The first-order valence-corrected chi connectivity index (χ1v) is 4.26.